The van der Waals surface area contributed by atoms with E-state index in [4.69, 9.17) is 0 Å². The second-order valence-electron chi connectivity index (χ2n) is 6.04. The van der Waals surface area contributed by atoms with Crippen LogP contribution in [0.1, 0.15) is 13.8 Å². The average Bonchev–Trinajstić information content (AvgIpc) is 2.74. The molecule has 3 atom stereocenters. The van der Waals surface area contributed by atoms with Crippen molar-refractivity contribution in [3.63, 3.8) is 0 Å². The van der Waals surface area contributed by atoms with E-state index < -0.39 is 28.8 Å². The Labute approximate surface area is 137 Å². The smallest absolute Gasteiger partial charge is 0.327 e. The fourth-order valence-electron chi connectivity index (χ4n) is 2.98. The Morgan fingerprint density at radius 3 is 2.52 bits per heavy atom. The minimum atomic E-state index is -1.02. The number of nitrogens with one attached hydrogen (secondary N) is 2. The van der Waals surface area contributed by atoms with Gasteiger partial charge in [0.25, 0.3) is 0 Å². The monoisotopic (exact) mass is 335 g/mol. The quantitative estimate of drug-likeness (QED) is 0.724. The summed E-state index contributed by atoms with van der Waals surface area (Å²) in [6, 6.07) is 6.83. The number of rotatable bonds is 3. The molecule has 122 valence electrons. The van der Waals surface area contributed by atoms with E-state index in [0.29, 0.717) is 5.69 Å². The van der Waals surface area contributed by atoms with Gasteiger partial charge >= 0.3 is 12.0 Å². The lowest BCUT2D eigenvalue weighted by molar-refractivity contribution is -0.159. The SMILES string of the molecule is CC1(C)S[C@@H]2[C@@H](NC(=O)Nc3ccccc3)C(=O)N2[C@H]1C(=O)O. The van der Waals surface area contributed by atoms with Crippen LogP contribution in [-0.4, -0.2) is 50.1 Å². The van der Waals surface area contributed by atoms with E-state index in [1.807, 2.05) is 6.07 Å². The molecular formula is C15H17N3O4S. The van der Waals surface area contributed by atoms with Crippen LogP contribution in [0.3, 0.4) is 0 Å². The fraction of sp³-hybridized carbons (Fsp3) is 0.400. The van der Waals surface area contributed by atoms with Crippen LogP contribution in [0.5, 0.6) is 0 Å². The van der Waals surface area contributed by atoms with Gasteiger partial charge in [0.15, 0.2) is 0 Å². The molecule has 2 aliphatic rings. The number of nitrogens with zero attached hydrogens (tertiary/aromatic N) is 1. The highest BCUT2D eigenvalue weighted by atomic mass is 32.2. The zero-order chi connectivity index (χ0) is 16.8. The van der Waals surface area contributed by atoms with Crippen LogP contribution in [-0.2, 0) is 9.59 Å². The molecular weight excluding hydrogens is 318 g/mol. The van der Waals surface area contributed by atoms with Crippen LogP contribution < -0.4 is 10.6 Å². The number of aliphatic carboxylic acids is 1. The van der Waals surface area contributed by atoms with Crippen LogP contribution in [0.2, 0.25) is 0 Å². The number of hydrogen-bond acceptors (Lipinski definition) is 4. The molecule has 0 radical (unpaired) electrons. The maximum Gasteiger partial charge on any atom is 0.327 e. The van der Waals surface area contributed by atoms with E-state index in [-0.39, 0.29) is 11.3 Å². The molecule has 3 rings (SSSR count). The molecule has 23 heavy (non-hydrogen) atoms. The number of thioether (sulfide) groups is 1. The van der Waals surface area contributed by atoms with Gasteiger partial charge in [0.2, 0.25) is 5.91 Å². The lowest BCUT2D eigenvalue weighted by atomic mass is 9.96. The van der Waals surface area contributed by atoms with Gasteiger partial charge in [0, 0.05) is 10.4 Å². The Morgan fingerprint density at radius 2 is 1.91 bits per heavy atom. The van der Waals surface area contributed by atoms with Crippen LogP contribution in [0.4, 0.5) is 10.5 Å². The van der Waals surface area contributed by atoms with E-state index in [1.54, 1.807) is 38.1 Å². The number of carboxylic acid groups (broad SMARTS) is 1. The van der Waals surface area contributed by atoms with Gasteiger partial charge in [-0.2, -0.15) is 0 Å². The van der Waals surface area contributed by atoms with Gasteiger partial charge in [-0.3, -0.25) is 4.79 Å². The first-order valence-corrected chi connectivity index (χ1v) is 8.04. The molecule has 0 unspecified atom stereocenters. The molecule has 0 aromatic heterocycles. The second kappa shape index (κ2) is 5.45. The molecule has 1 aromatic carbocycles. The van der Waals surface area contributed by atoms with Crippen molar-refractivity contribution in [2.24, 2.45) is 0 Å². The van der Waals surface area contributed by atoms with Crippen molar-refractivity contribution in [3.8, 4) is 0 Å². The second-order valence-corrected chi connectivity index (χ2v) is 7.81. The largest absolute Gasteiger partial charge is 0.480 e. The Balaban J connectivity index is 1.66. The van der Waals surface area contributed by atoms with Gasteiger partial charge in [-0.25, -0.2) is 9.59 Å². The van der Waals surface area contributed by atoms with Crippen molar-refractivity contribution in [1.29, 1.82) is 0 Å². The molecule has 0 bridgehead atoms. The number of carboxylic acids is 1. The lowest BCUT2D eigenvalue weighted by Crippen LogP contribution is -2.70. The topological polar surface area (TPSA) is 98.7 Å². The van der Waals surface area contributed by atoms with Crippen molar-refractivity contribution in [1.82, 2.24) is 10.2 Å². The summed E-state index contributed by atoms with van der Waals surface area (Å²) in [4.78, 5) is 37.0. The molecule has 1 aromatic rings. The van der Waals surface area contributed by atoms with Gasteiger partial charge in [0.1, 0.15) is 17.5 Å². The number of amides is 3. The van der Waals surface area contributed by atoms with Gasteiger partial charge in [0.05, 0.1) is 0 Å². The predicted molar refractivity (Wildman–Crippen MR) is 86.1 cm³/mol. The molecule has 3 N–H and O–H groups in total. The number of carbonyl (C=O) groups excluding carboxylic acids is 2. The molecule has 2 saturated heterocycles. The first-order chi connectivity index (χ1) is 10.8. The van der Waals surface area contributed by atoms with E-state index in [2.05, 4.69) is 10.6 Å². The lowest BCUT2D eigenvalue weighted by Gasteiger charge is -2.43. The summed E-state index contributed by atoms with van der Waals surface area (Å²) in [6.45, 7) is 3.59. The number of carbonyl (C=O) groups is 3. The molecule has 2 heterocycles. The highest BCUT2D eigenvalue weighted by molar-refractivity contribution is 8.01. The maximum atomic E-state index is 12.2. The highest BCUT2D eigenvalue weighted by Gasteiger charge is 2.64. The minimum Gasteiger partial charge on any atom is -0.480 e. The van der Waals surface area contributed by atoms with Crippen molar-refractivity contribution < 1.29 is 19.5 Å². The Bertz CT molecular complexity index is 664. The Kier molecular flexibility index (Phi) is 3.71. The molecule has 2 fully saturated rings. The summed E-state index contributed by atoms with van der Waals surface area (Å²) in [6.07, 6.45) is 0. The summed E-state index contributed by atoms with van der Waals surface area (Å²) in [5.74, 6) is -1.38. The normalized spacial score (nSPS) is 27.8. The van der Waals surface area contributed by atoms with Gasteiger partial charge < -0.3 is 20.6 Å². The van der Waals surface area contributed by atoms with E-state index in [0.717, 1.165) is 0 Å². The molecule has 8 heteroatoms. The van der Waals surface area contributed by atoms with Gasteiger partial charge in [-0.15, -0.1) is 11.8 Å². The molecule has 2 aliphatic heterocycles. The van der Waals surface area contributed by atoms with E-state index in [1.165, 1.54) is 16.7 Å². The van der Waals surface area contributed by atoms with E-state index >= 15 is 0 Å². The van der Waals surface area contributed by atoms with E-state index in [9.17, 15) is 19.5 Å². The van der Waals surface area contributed by atoms with Crippen molar-refractivity contribution in [2.45, 2.75) is 36.1 Å². The number of anilines is 1. The highest BCUT2D eigenvalue weighted by Crippen LogP contribution is 2.50. The van der Waals surface area contributed by atoms with Crippen LogP contribution in [0, 0.1) is 0 Å². The standard InChI is InChI=1S/C15H17N3O4S/c1-15(2)10(13(20)21)18-11(19)9(12(18)23-15)17-14(22)16-8-6-4-3-5-7-8/h3-7,9-10,12H,1-2H3,(H,20,21)(H2,16,17,22)/t9-,10-,12+/m0/s1. The first-order valence-electron chi connectivity index (χ1n) is 7.16. The zero-order valence-corrected chi connectivity index (χ0v) is 13.5. The number of benzene rings is 1. The van der Waals surface area contributed by atoms with Crippen molar-refractivity contribution in [2.75, 3.05) is 5.32 Å². The van der Waals surface area contributed by atoms with Crippen molar-refractivity contribution >= 4 is 35.4 Å². The average molecular weight is 335 g/mol. The van der Waals surface area contributed by atoms with Crippen LogP contribution in [0.15, 0.2) is 30.3 Å². The molecule has 0 aliphatic carbocycles. The Morgan fingerprint density at radius 1 is 1.26 bits per heavy atom. The van der Waals surface area contributed by atoms with Gasteiger partial charge in [-0.1, -0.05) is 18.2 Å². The number of hydrogen-bond donors (Lipinski definition) is 3. The number of β-lactam (4-membered cyclic amide) rings is 1. The third-order valence-electron chi connectivity index (χ3n) is 3.99. The summed E-state index contributed by atoms with van der Waals surface area (Å²) in [5.41, 5.74) is 0.622. The zero-order valence-electron chi connectivity index (χ0n) is 12.6. The number of para-hydroxylation sites is 1. The fourth-order valence-corrected chi connectivity index (χ4v) is 4.60. The summed E-state index contributed by atoms with van der Waals surface area (Å²) >= 11 is 1.40. The third kappa shape index (κ3) is 2.63. The van der Waals surface area contributed by atoms with Crippen LogP contribution >= 0.6 is 11.8 Å². The number of fused-ring (bicyclic) bond motifs is 1. The molecule has 0 spiro atoms. The number of urea groups is 1. The Hall–Kier alpha value is -2.22. The van der Waals surface area contributed by atoms with Gasteiger partial charge in [-0.05, 0) is 26.0 Å². The van der Waals surface area contributed by atoms with Crippen LogP contribution in [0.25, 0.3) is 0 Å². The minimum absolute atomic E-state index is 0.347. The molecule has 3 amide bonds. The summed E-state index contributed by atoms with van der Waals surface area (Å²) < 4.78 is -0.599. The van der Waals surface area contributed by atoms with Crippen molar-refractivity contribution in [3.05, 3.63) is 30.3 Å². The first kappa shape index (κ1) is 15.7. The third-order valence-corrected chi connectivity index (χ3v) is 5.56. The maximum absolute atomic E-state index is 12.2. The summed E-state index contributed by atoms with van der Waals surface area (Å²) in [5, 5.41) is 14.3. The summed E-state index contributed by atoms with van der Waals surface area (Å²) in [7, 11) is 0. The molecule has 0 saturated carbocycles. The predicted octanol–water partition coefficient (Wildman–Crippen LogP) is 1.32. The molecule has 7 nitrogen and oxygen atoms in total.